The van der Waals surface area contributed by atoms with Crippen LogP contribution < -0.4 is 15.2 Å². The van der Waals surface area contributed by atoms with Crippen LogP contribution in [0.5, 0.6) is 11.5 Å². The highest BCUT2D eigenvalue weighted by atomic mass is 35.5. The number of benzene rings is 1. The monoisotopic (exact) mass is 328 g/mol. The summed E-state index contributed by atoms with van der Waals surface area (Å²) in [4.78, 5) is 14.2. The maximum atomic E-state index is 12.3. The minimum atomic E-state index is -0.115. The van der Waals surface area contributed by atoms with Crippen molar-refractivity contribution in [2.75, 3.05) is 33.9 Å². The lowest BCUT2D eigenvalue weighted by Gasteiger charge is -2.23. The zero-order valence-corrected chi connectivity index (χ0v) is 14.2. The number of halogens is 1. The van der Waals surface area contributed by atoms with Crippen molar-refractivity contribution in [1.29, 1.82) is 0 Å². The Morgan fingerprint density at radius 2 is 1.64 bits per heavy atom. The molecule has 0 radical (unpaired) electrons. The highest BCUT2D eigenvalue weighted by Crippen LogP contribution is 2.32. The average Bonchev–Trinajstić information content (AvgIpc) is 2.73. The fourth-order valence-electron chi connectivity index (χ4n) is 2.68. The van der Waals surface area contributed by atoms with E-state index in [0.29, 0.717) is 6.54 Å². The summed E-state index contributed by atoms with van der Waals surface area (Å²) in [6, 6.07) is 4.04. The van der Waals surface area contributed by atoms with Gasteiger partial charge in [-0.25, -0.2) is 0 Å². The van der Waals surface area contributed by atoms with Crippen LogP contribution in [0.2, 0.25) is 0 Å². The Kier molecular flexibility index (Phi) is 6.97. The number of nitrogens with two attached hydrogens (primary N) is 1. The molecule has 2 N–H and O–H groups in total. The highest BCUT2D eigenvalue weighted by molar-refractivity contribution is 5.85. The molecule has 1 heterocycles. The van der Waals surface area contributed by atoms with Gasteiger partial charge in [0.1, 0.15) is 0 Å². The average molecular weight is 329 g/mol. The molecule has 22 heavy (non-hydrogen) atoms. The number of amides is 1. The van der Waals surface area contributed by atoms with Gasteiger partial charge in [-0.2, -0.15) is 0 Å². The first-order valence-corrected chi connectivity index (χ1v) is 7.33. The lowest BCUT2D eigenvalue weighted by Crippen LogP contribution is -2.39. The fourth-order valence-corrected chi connectivity index (χ4v) is 2.68. The van der Waals surface area contributed by atoms with Gasteiger partial charge in [0.25, 0.3) is 0 Å². The largest absolute Gasteiger partial charge is 0.493 e. The molecule has 0 saturated carbocycles. The van der Waals surface area contributed by atoms with Crippen molar-refractivity contribution >= 4 is 18.3 Å². The summed E-state index contributed by atoms with van der Waals surface area (Å²) >= 11 is 0. The normalized spacial score (nSPS) is 15.2. The van der Waals surface area contributed by atoms with E-state index in [2.05, 4.69) is 0 Å². The van der Waals surface area contributed by atoms with Crippen molar-refractivity contribution in [2.24, 2.45) is 11.7 Å². The van der Waals surface area contributed by atoms with Gasteiger partial charge in [0.2, 0.25) is 5.91 Å². The molecule has 6 heteroatoms. The Morgan fingerprint density at radius 1 is 1.18 bits per heavy atom. The topological polar surface area (TPSA) is 64.8 Å². The van der Waals surface area contributed by atoms with E-state index >= 15 is 0 Å². The summed E-state index contributed by atoms with van der Waals surface area (Å²) in [6.07, 6.45) is 1.66. The minimum Gasteiger partial charge on any atom is -0.493 e. The van der Waals surface area contributed by atoms with E-state index in [-0.39, 0.29) is 24.2 Å². The zero-order chi connectivity index (χ0) is 15.4. The number of hydrogen-bond donors (Lipinski definition) is 1. The number of nitrogens with zero attached hydrogens (tertiary/aromatic N) is 1. The molecule has 0 saturated heterocycles. The second-order valence-electron chi connectivity index (χ2n) is 5.44. The molecule has 124 valence electrons. The zero-order valence-electron chi connectivity index (χ0n) is 13.4. The van der Waals surface area contributed by atoms with Crippen LogP contribution in [-0.2, 0) is 17.6 Å². The van der Waals surface area contributed by atoms with Gasteiger partial charge in [-0.15, -0.1) is 12.4 Å². The summed E-state index contributed by atoms with van der Waals surface area (Å²) in [7, 11) is 3.28. The molecule has 1 aliphatic rings. The van der Waals surface area contributed by atoms with Crippen LogP contribution in [0, 0.1) is 5.92 Å². The molecular formula is C16H25ClN2O3. The number of carbonyl (C=O) groups excluding carboxylic acids is 1. The summed E-state index contributed by atoms with van der Waals surface area (Å²) in [5.74, 6) is 1.51. The fraction of sp³-hybridized carbons (Fsp3) is 0.562. The van der Waals surface area contributed by atoms with Gasteiger partial charge in [0.15, 0.2) is 11.5 Å². The van der Waals surface area contributed by atoms with Crippen molar-refractivity contribution in [3.8, 4) is 11.5 Å². The lowest BCUT2D eigenvalue weighted by atomic mass is 10.0. The molecule has 1 aromatic rings. The van der Waals surface area contributed by atoms with E-state index in [9.17, 15) is 4.79 Å². The van der Waals surface area contributed by atoms with E-state index in [0.717, 1.165) is 37.4 Å². The molecule has 1 atom stereocenters. The molecule has 0 fully saturated rings. The SMILES string of the molecule is COc1cc2c(cc1OC)CCN(C(=O)C(C)CN)CC2.Cl. The lowest BCUT2D eigenvalue weighted by molar-refractivity contribution is -0.134. The molecule has 2 rings (SSSR count). The van der Waals surface area contributed by atoms with Crippen molar-refractivity contribution < 1.29 is 14.3 Å². The van der Waals surface area contributed by atoms with E-state index in [1.54, 1.807) is 14.2 Å². The van der Waals surface area contributed by atoms with Crippen molar-refractivity contribution in [3.63, 3.8) is 0 Å². The molecule has 1 amide bonds. The van der Waals surface area contributed by atoms with Crippen LogP contribution in [0.4, 0.5) is 0 Å². The molecular weight excluding hydrogens is 304 g/mol. The number of hydrogen-bond acceptors (Lipinski definition) is 4. The number of rotatable bonds is 4. The molecule has 0 spiro atoms. The molecule has 1 aliphatic heterocycles. The standard InChI is InChI=1S/C16H24N2O3.ClH/c1-11(10-17)16(19)18-6-4-12-8-14(20-2)15(21-3)9-13(12)5-7-18;/h8-9,11H,4-7,10,17H2,1-3H3;1H. The van der Waals surface area contributed by atoms with Crippen LogP contribution in [0.15, 0.2) is 12.1 Å². The van der Waals surface area contributed by atoms with Gasteiger partial charge in [0.05, 0.1) is 14.2 Å². The minimum absolute atomic E-state index is 0. The van der Waals surface area contributed by atoms with Gasteiger partial charge in [0, 0.05) is 25.6 Å². The quantitative estimate of drug-likeness (QED) is 0.912. The first-order valence-electron chi connectivity index (χ1n) is 7.33. The number of fused-ring (bicyclic) bond motifs is 1. The van der Waals surface area contributed by atoms with E-state index in [1.165, 1.54) is 11.1 Å². The third kappa shape index (κ3) is 3.84. The second-order valence-corrected chi connectivity index (χ2v) is 5.44. The van der Waals surface area contributed by atoms with Crippen molar-refractivity contribution in [3.05, 3.63) is 23.3 Å². The first kappa shape index (κ1) is 18.6. The van der Waals surface area contributed by atoms with Gasteiger partial charge >= 0.3 is 0 Å². The molecule has 1 aromatic carbocycles. The van der Waals surface area contributed by atoms with E-state index in [4.69, 9.17) is 15.2 Å². The Bertz CT molecular complexity index is 487. The van der Waals surface area contributed by atoms with Crippen LogP contribution in [0.3, 0.4) is 0 Å². The molecule has 1 unspecified atom stereocenters. The van der Waals surface area contributed by atoms with Gasteiger partial charge in [-0.3, -0.25) is 4.79 Å². The summed E-state index contributed by atoms with van der Waals surface area (Å²) < 4.78 is 10.7. The van der Waals surface area contributed by atoms with Gasteiger partial charge < -0.3 is 20.1 Å². The maximum absolute atomic E-state index is 12.3. The molecule has 0 aromatic heterocycles. The predicted octanol–water partition coefficient (Wildman–Crippen LogP) is 1.65. The molecule has 0 aliphatic carbocycles. The first-order chi connectivity index (χ1) is 10.1. The van der Waals surface area contributed by atoms with Crippen molar-refractivity contribution in [1.82, 2.24) is 4.90 Å². The molecule has 5 nitrogen and oxygen atoms in total. The van der Waals surface area contributed by atoms with Gasteiger partial charge in [-0.05, 0) is 36.1 Å². The van der Waals surface area contributed by atoms with Crippen molar-refractivity contribution in [2.45, 2.75) is 19.8 Å². The molecule has 0 bridgehead atoms. The van der Waals surface area contributed by atoms with Crippen LogP contribution in [-0.4, -0.2) is 44.7 Å². The van der Waals surface area contributed by atoms with E-state index in [1.807, 2.05) is 24.0 Å². The van der Waals surface area contributed by atoms with Crippen LogP contribution >= 0.6 is 12.4 Å². The summed E-state index contributed by atoms with van der Waals surface area (Å²) in [5, 5.41) is 0. The third-order valence-electron chi connectivity index (χ3n) is 4.09. The summed E-state index contributed by atoms with van der Waals surface area (Å²) in [5.41, 5.74) is 8.05. The Balaban J connectivity index is 0.00000242. The highest BCUT2D eigenvalue weighted by Gasteiger charge is 2.23. The number of carbonyl (C=O) groups is 1. The van der Waals surface area contributed by atoms with E-state index < -0.39 is 0 Å². The second kappa shape index (κ2) is 8.25. The van der Waals surface area contributed by atoms with Crippen LogP contribution in [0.25, 0.3) is 0 Å². The van der Waals surface area contributed by atoms with Crippen LogP contribution in [0.1, 0.15) is 18.1 Å². The number of ether oxygens (including phenoxy) is 2. The number of methoxy groups -OCH3 is 2. The van der Waals surface area contributed by atoms with Gasteiger partial charge in [-0.1, -0.05) is 6.92 Å². The Labute approximate surface area is 138 Å². The Morgan fingerprint density at radius 3 is 2.00 bits per heavy atom. The Hall–Kier alpha value is -1.46. The summed E-state index contributed by atoms with van der Waals surface area (Å²) in [6.45, 7) is 3.73. The third-order valence-corrected chi connectivity index (χ3v) is 4.09. The smallest absolute Gasteiger partial charge is 0.226 e. The predicted molar refractivity (Wildman–Crippen MR) is 89.0 cm³/mol. The maximum Gasteiger partial charge on any atom is 0.226 e.